The molecule has 2 atom stereocenters. The van der Waals surface area contributed by atoms with Crippen LogP contribution in [-0.2, 0) is 0 Å². The van der Waals surface area contributed by atoms with Crippen molar-refractivity contribution in [2.75, 3.05) is 13.1 Å². The third kappa shape index (κ3) is 0.853. The van der Waals surface area contributed by atoms with Crippen LogP contribution in [0.2, 0.25) is 0 Å². The molecule has 2 rings (SSSR count). The molecule has 2 heteroatoms. The molecule has 2 heterocycles. The summed E-state index contributed by atoms with van der Waals surface area (Å²) in [4.78, 5) is 2.22. The van der Waals surface area contributed by atoms with Crippen LogP contribution in [0.5, 0.6) is 0 Å². The van der Waals surface area contributed by atoms with Crippen molar-refractivity contribution in [1.82, 2.24) is 4.90 Å². The maximum atomic E-state index is 13.0. The maximum Gasteiger partial charge on any atom is 0.115 e. The summed E-state index contributed by atoms with van der Waals surface area (Å²) in [5, 5.41) is 0. The van der Waals surface area contributed by atoms with Crippen molar-refractivity contribution in [1.29, 1.82) is 0 Å². The maximum absolute atomic E-state index is 13.0. The Hall–Kier alpha value is -0.370. The summed E-state index contributed by atoms with van der Waals surface area (Å²) in [6, 6.07) is 0. The second-order valence-corrected chi connectivity index (χ2v) is 3.87. The highest BCUT2D eigenvalue weighted by atomic mass is 19.1. The Bertz CT molecular complexity index is 202. The van der Waals surface area contributed by atoms with Crippen LogP contribution in [0.4, 0.5) is 4.39 Å². The van der Waals surface area contributed by atoms with Crippen molar-refractivity contribution in [3.05, 3.63) is 12.2 Å². The van der Waals surface area contributed by atoms with Gasteiger partial charge in [0.2, 0.25) is 0 Å². The molecule has 11 heavy (non-hydrogen) atoms. The number of halogens is 1. The van der Waals surface area contributed by atoms with Crippen LogP contribution in [0.3, 0.4) is 0 Å². The van der Waals surface area contributed by atoms with Gasteiger partial charge in [-0.25, -0.2) is 4.39 Å². The second-order valence-electron chi connectivity index (χ2n) is 3.87. The van der Waals surface area contributed by atoms with Gasteiger partial charge in [0.15, 0.2) is 0 Å². The van der Waals surface area contributed by atoms with E-state index in [9.17, 15) is 4.39 Å². The minimum Gasteiger partial charge on any atom is -0.291 e. The first kappa shape index (κ1) is 7.29. The summed E-state index contributed by atoms with van der Waals surface area (Å²) >= 11 is 0. The van der Waals surface area contributed by atoms with Gasteiger partial charge in [-0.2, -0.15) is 0 Å². The van der Waals surface area contributed by atoms with Gasteiger partial charge in [0, 0.05) is 25.0 Å². The van der Waals surface area contributed by atoms with E-state index in [1.807, 2.05) is 0 Å². The van der Waals surface area contributed by atoms with E-state index in [0.29, 0.717) is 13.0 Å². The first-order valence-electron chi connectivity index (χ1n) is 4.20. The third-order valence-electron chi connectivity index (χ3n) is 3.18. The lowest BCUT2D eigenvalue weighted by atomic mass is 9.92. The highest BCUT2D eigenvalue weighted by Gasteiger charge is 2.47. The molecule has 0 amide bonds. The smallest absolute Gasteiger partial charge is 0.115 e. The highest BCUT2D eigenvalue weighted by molar-refractivity contribution is 5.24. The number of hydrogen-bond donors (Lipinski definition) is 0. The molecule has 2 aliphatic rings. The Morgan fingerprint density at radius 1 is 1.73 bits per heavy atom. The predicted molar refractivity (Wildman–Crippen MR) is 43.2 cm³/mol. The molecule has 1 nitrogen and oxygen atoms in total. The van der Waals surface area contributed by atoms with Crippen molar-refractivity contribution in [2.24, 2.45) is 0 Å². The van der Waals surface area contributed by atoms with Crippen LogP contribution in [0.15, 0.2) is 12.2 Å². The monoisotopic (exact) mass is 155 g/mol. The van der Waals surface area contributed by atoms with Crippen LogP contribution in [0.25, 0.3) is 0 Å². The third-order valence-corrected chi connectivity index (χ3v) is 3.18. The lowest BCUT2D eigenvalue weighted by Crippen LogP contribution is -2.35. The van der Waals surface area contributed by atoms with Crippen molar-refractivity contribution >= 4 is 0 Å². The van der Waals surface area contributed by atoms with Crippen molar-refractivity contribution in [3.63, 3.8) is 0 Å². The standard InChI is InChI=1S/C9H14FN/c1-7-3-4-11-6-8(10)5-9(7,11)2/h8H,1,3-6H2,2H3/t8-,9+/m0/s1. The Labute approximate surface area is 66.9 Å². The predicted octanol–water partition coefficient (Wildman–Crippen LogP) is 1.75. The zero-order valence-corrected chi connectivity index (χ0v) is 6.94. The number of rotatable bonds is 0. The fraction of sp³-hybridized carbons (Fsp3) is 0.778. The van der Waals surface area contributed by atoms with Gasteiger partial charge >= 0.3 is 0 Å². The fourth-order valence-electron chi connectivity index (χ4n) is 2.31. The lowest BCUT2D eigenvalue weighted by Gasteiger charge is -2.27. The Morgan fingerprint density at radius 3 is 3.09 bits per heavy atom. The number of fused-ring (bicyclic) bond motifs is 1. The zero-order chi connectivity index (χ0) is 8.06. The number of alkyl halides is 1. The van der Waals surface area contributed by atoms with Gasteiger partial charge < -0.3 is 0 Å². The summed E-state index contributed by atoms with van der Waals surface area (Å²) in [6.07, 6.45) is 1.09. The van der Waals surface area contributed by atoms with E-state index in [4.69, 9.17) is 0 Å². The molecule has 0 spiro atoms. The van der Waals surface area contributed by atoms with Gasteiger partial charge in [-0.1, -0.05) is 12.2 Å². The number of nitrogens with zero attached hydrogens (tertiary/aromatic N) is 1. The Morgan fingerprint density at radius 2 is 2.45 bits per heavy atom. The molecule has 0 aromatic heterocycles. The average Bonchev–Trinajstić information content (AvgIpc) is 2.32. The molecular formula is C9H14FN. The van der Waals surface area contributed by atoms with Crippen LogP contribution >= 0.6 is 0 Å². The molecule has 0 aliphatic carbocycles. The minimum absolute atomic E-state index is 0.000579. The molecular weight excluding hydrogens is 141 g/mol. The average molecular weight is 155 g/mol. The number of hydrogen-bond acceptors (Lipinski definition) is 1. The topological polar surface area (TPSA) is 3.24 Å². The zero-order valence-electron chi connectivity index (χ0n) is 6.94. The van der Waals surface area contributed by atoms with E-state index in [0.717, 1.165) is 13.0 Å². The van der Waals surface area contributed by atoms with Gasteiger partial charge in [-0.15, -0.1) is 0 Å². The SMILES string of the molecule is C=C1CCN2C[C@@H](F)C[C@]12C. The van der Waals surface area contributed by atoms with Crippen LogP contribution in [0, 0.1) is 0 Å². The van der Waals surface area contributed by atoms with Crippen LogP contribution < -0.4 is 0 Å². The van der Waals surface area contributed by atoms with Crippen LogP contribution in [-0.4, -0.2) is 29.7 Å². The van der Waals surface area contributed by atoms with E-state index < -0.39 is 6.17 Å². The Balaban J connectivity index is 2.26. The fourth-order valence-corrected chi connectivity index (χ4v) is 2.31. The summed E-state index contributed by atoms with van der Waals surface area (Å²) in [5.41, 5.74) is 1.22. The highest BCUT2D eigenvalue weighted by Crippen LogP contribution is 2.42. The molecule has 0 N–H and O–H groups in total. The minimum atomic E-state index is -0.628. The molecule has 0 unspecified atom stereocenters. The summed E-state index contributed by atoms with van der Waals surface area (Å²) in [6.45, 7) is 7.74. The Kier molecular flexibility index (Phi) is 1.37. The largest absolute Gasteiger partial charge is 0.291 e. The molecule has 2 aliphatic heterocycles. The first-order valence-corrected chi connectivity index (χ1v) is 4.20. The van der Waals surface area contributed by atoms with Gasteiger partial charge in [-0.05, 0) is 13.3 Å². The lowest BCUT2D eigenvalue weighted by molar-refractivity contribution is 0.240. The van der Waals surface area contributed by atoms with E-state index >= 15 is 0 Å². The quantitative estimate of drug-likeness (QED) is 0.482. The molecule has 62 valence electrons. The first-order chi connectivity index (χ1) is 5.13. The van der Waals surface area contributed by atoms with E-state index in [-0.39, 0.29) is 5.54 Å². The van der Waals surface area contributed by atoms with Gasteiger partial charge in [0.05, 0.1) is 0 Å². The summed E-state index contributed by atoms with van der Waals surface area (Å²) in [5.74, 6) is 0. The van der Waals surface area contributed by atoms with Gasteiger partial charge in [0.25, 0.3) is 0 Å². The van der Waals surface area contributed by atoms with Gasteiger partial charge in [-0.3, -0.25) is 4.90 Å². The summed E-state index contributed by atoms with van der Waals surface area (Å²) in [7, 11) is 0. The molecule has 2 fully saturated rings. The van der Waals surface area contributed by atoms with Crippen molar-refractivity contribution in [2.45, 2.75) is 31.5 Å². The van der Waals surface area contributed by atoms with E-state index in [2.05, 4.69) is 18.4 Å². The molecule has 0 saturated carbocycles. The van der Waals surface area contributed by atoms with Crippen LogP contribution in [0.1, 0.15) is 19.8 Å². The van der Waals surface area contributed by atoms with Gasteiger partial charge in [0.1, 0.15) is 6.17 Å². The molecule has 0 radical (unpaired) electrons. The normalized spacial score (nSPS) is 44.9. The molecule has 0 bridgehead atoms. The van der Waals surface area contributed by atoms with Crippen molar-refractivity contribution < 1.29 is 4.39 Å². The molecule has 0 aromatic carbocycles. The van der Waals surface area contributed by atoms with E-state index in [1.165, 1.54) is 5.57 Å². The van der Waals surface area contributed by atoms with E-state index in [1.54, 1.807) is 0 Å². The second kappa shape index (κ2) is 2.07. The molecule has 2 saturated heterocycles. The summed E-state index contributed by atoms with van der Waals surface area (Å²) < 4.78 is 13.0. The molecule has 0 aromatic rings. The van der Waals surface area contributed by atoms with Crippen molar-refractivity contribution in [3.8, 4) is 0 Å².